The van der Waals surface area contributed by atoms with Crippen molar-refractivity contribution in [3.8, 4) is 5.75 Å². The molecule has 2 heterocycles. The Balaban J connectivity index is 1.61. The number of anilines is 1. The number of cyclic esters (lactones) is 1. The normalized spacial score (nSPS) is 17.6. The number of esters is 1. The fourth-order valence-corrected chi connectivity index (χ4v) is 4.17. The van der Waals surface area contributed by atoms with Gasteiger partial charge in [-0.3, -0.25) is 9.69 Å². The van der Waals surface area contributed by atoms with Gasteiger partial charge >= 0.3 is 12.0 Å². The second-order valence-electron chi connectivity index (χ2n) is 8.17. The zero-order valence-corrected chi connectivity index (χ0v) is 18.9. The Hall–Kier alpha value is -3.81. The van der Waals surface area contributed by atoms with Crippen LogP contribution in [-0.4, -0.2) is 42.6 Å². The molecule has 0 aromatic heterocycles. The van der Waals surface area contributed by atoms with Gasteiger partial charge in [-0.25, -0.2) is 9.59 Å². The highest BCUT2D eigenvalue weighted by Gasteiger charge is 2.43. The second-order valence-corrected chi connectivity index (χ2v) is 8.17. The van der Waals surface area contributed by atoms with Gasteiger partial charge in [-0.1, -0.05) is 50.2 Å². The zero-order valence-electron chi connectivity index (χ0n) is 18.9. The first-order valence-corrected chi connectivity index (χ1v) is 11.0. The fraction of sp³-hybridized carbons (Fsp3) is 0.320. The summed E-state index contributed by atoms with van der Waals surface area (Å²) in [6.07, 6.45) is 0. The van der Waals surface area contributed by atoms with Crippen LogP contribution in [0.2, 0.25) is 0 Å². The third kappa shape index (κ3) is 4.41. The van der Waals surface area contributed by atoms with Crippen molar-refractivity contribution >= 4 is 23.6 Å². The van der Waals surface area contributed by atoms with E-state index in [1.807, 2.05) is 57.2 Å². The lowest BCUT2D eigenvalue weighted by Crippen LogP contribution is -2.49. The molecule has 0 saturated heterocycles. The van der Waals surface area contributed by atoms with Crippen LogP contribution in [0.1, 0.15) is 43.9 Å². The summed E-state index contributed by atoms with van der Waals surface area (Å²) < 4.78 is 11.0. The first kappa shape index (κ1) is 22.4. The summed E-state index contributed by atoms with van der Waals surface area (Å²) in [7, 11) is 0. The first-order valence-electron chi connectivity index (χ1n) is 11.0. The Kier molecular flexibility index (Phi) is 6.35. The fourth-order valence-electron chi connectivity index (χ4n) is 4.17. The molecular weight excluding hydrogens is 422 g/mol. The Morgan fingerprint density at radius 2 is 1.91 bits per heavy atom. The number of nitrogens with one attached hydrogen (secondary N) is 2. The van der Waals surface area contributed by atoms with Crippen molar-refractivity contribution in [3.05, 3.63) is 70.9 Å². The molecule has 0 radical (unpaired) electrons. The standard InChI is InChI=1S/C25H27N3O5/c1-4-32-20-12-8-6-10-17(20)23-22-19(14-33-24(22)30)28(25(31)27-23)13-21(29)26-18-11-7-5-9-16(18)15(2)3/h5-12,15,23H,4,13-14H2,1-3H3,(H,26,29)(H,27,31)/t23-/m0/s1. The van der Waals surface area contributed by atoms with E-state index in [4.69, 9.17) is 9.47 Å². The molecule has 2 aliphatic heterocycles. The molecular formula is C25H27N3O5. The maximum Gasteiger partial charge on any atom is 0.338 e. The predicted octanol–water partition coefficient (Wildman–Crippen LogP) is 3.72. The topological polar surface area (TPSA) is 97.0 Å². The number of hydrogen-bond acceptors (Lipinski definition) is 5. The summed E-state index contributed by atoms with van der Waals surface area (Å²) in [6.45, 7) is 6.09. The van der Waals surface area contributed by atoms with E-state index in [2.05, 4.69) is 10.6 Å². The Labute approximate surface area is 192 Å². The molecule has 2 aliphatic rings. The van der Waals surface area contributed by atoms with Crippen molar-refractivity contribution in [2.24, 2.45) is 0 Å². The average Bonchev–Trinajstić information content (AvgIpc) is 3.18. The summed E-state index contributed by atoms with van der Waals surface area (Å²) in [6, 6.07) is 13.6. The van der Waals surface area contributed by atoms with E-state index in [1.54, 1.807) is 12.1 Å². The van der Waals surface area contributed by atoms with Gasteiger partial charge in [0.15, 0.2) is 0 Å². The smallest absolute Gasteiger partial charge is 0.338 e. The number of hydrogen-bond donors (Lipinski definition) is 2. The monoisotopic (exact) mass is 449 g/mol. The van der Waals surface area contributed by atoms with Crippen LogP contribution >= 0.6 is 0 Å². The van der Waals surface area contributed by atoms with Crippen LogP contribution in [-0.2, 0) is 14.3 Å². The van der Waals surface area contributed by atoms with Gasteiger partial charge in [-0.15, -0.1) is 0 Å². The van der Waals surface area contributed by atoms with Crippen molar-refractivity contribution in [2.45, 2.75) is 32.7 Å². The Morgan fingerprint density at radius 1 is 1.18 bits per heavy atom. The van der Waals surface area contributed by atoms with Crippen LogP contribution < -0.4 is 15.4 Å². The van der Waals surface area contributed by atoms with Crippen molar-refractivity contribution in [1.82, 2.24) is 10.2 Å². The van der Waals surface area contributed by atoms with E-state index in [0.29, 0.717) is 34.9 Å². The molecule has 172 valence electrons. The van der Waals surface area contributed by atoms with Crippen LogP contribution in [0.15, 0.2) is 59.8 Å². The minimum Gasteiger partial charge on any atom is -0.494 e. The highest BCUT2D eigenvalue weighted by molar-refractivity contribution is 6.00. The van der Waals surface area contributed by atoms with Gasteiger partial charge in [0.25, 0.3) is 0 Å². The third-order valence-corrected chi connectivity index (χ3v) is 5.69. The summed E-state index contributed by atoms with van der Waals surface area (Å²) in [5.74, 6) is -0.0797. The van der Waals surface area contributed by atoms with Crippen LogP contribution in [0, 0.1) is 0 Å². The van der Waals surface area contributed by atoms with Crippen molar-refractivity contribution in [2.75, 3.05) is 25.1 Å². The van der Waals surface area contributed by atoms with Gasteiger partial charge in [-0.05, 0) is 30.5 Å². The molecule has 1 atom stereocenters. The first-order chi connectivity index (χ1) is 15.9. The number of nitrogens with zero attached hydrogens (tertiary/aromatic N) is 1. The number of amides is 3. The second kappa shape index (κ2) is 9.36. The highest BCUT2D eigenvalue weighted by Crippen LogP contribution is 2.38. The van der Waals surface area contributed by atoms with Gasteiger partial charge in [0.2, 0.25) is 5.91 Å². The van der Waals surface area contributed by atoms with Gasteiger partial charge in [0.05, 0.1) is 23.9 Å². The number of urea groups is 1. The SMILES string of the molecule is CCOc1ccccc1[C@@H]1NC(=O)N(CC(=O)Nc2ccccc2C(C)C)C2=C1C(=O)OC2. The quantitative estimate of drug-likeness (QED) is 0.628. The number of para-hydroxylation sites is 2. The number of ether oxygens (including phenoxy) is 2. The molecule has 2 aromatic carbocycles. The molecule has 8 heteroatoms. The van der Waals surface area contributed by atoms with Crippen LogP contribution in [0.5, 0.6) is 5.75 Å². The van der Waals surface area contributed by atoms with E-state index in [0.717, 1.165) is 5.56 Å². The molecule has 0 fully saturated rings. The molecule has 8 nitrogen and oxygen atoms in total. The minimum absolute atomic E-state index is 0.0647. The highest BCUT2D eigenvalue weighted by atomic mass is 16.5. The average molecular weight is 450 g/mol. The molecule has 33 heavy (non-hydrogen) atoms. The number of carbonyl (C=O) groups is 3. The summed E-state index contributed by atoms with van der Waals surface area (Å²) >= 11 is 0. The lowest BCUT2D eigenvalue weighted by atomic mass is 9.95. The Bertz CT molecular complexity index is 1120. The summed E-state index contributed by atoms with van der Waals surface area (Å²) in [4.78, 5) is 39.8. The molecule has 0 saturated carbocycles. The predicted molar refractivity (Wildman–Crippen MR) is 123 cm³/mol. The lowest BCUT2D eigenvalue weighted by Gasteiger charge is -2.33. The number of benzene rings is 2. The maximum absolute atomic E-state index is 13.1. The van der Waals surface area contributed by atoms with E-state index in [1.165, 1.54) is 4.90 Å². The molecule has 0 spiro atoms. The number of carbonyl (C=O) groups excluding carboxylic acids is 3. The summed E-state index contributed by atoms with van der Waals surface area (Å²) in [5.41, 5.74) is 3.07. The van der Waals surface area contributed by atoms with Gasteiger partial charge < -0.3 is 20.1 Å². The van der Waals surface area contributed by atoms with E-state index in [9.17, 15) is 14.4 Å². The van der Waals surface area contributed by atoms with E-state index in [-0.39, 0.29) is 25.0 Å². The van der Waals surface area contributed by atoms with Crippen LogP contribution in [0.4, 0.5) is 10.5 Å². The van der Waals surface area contributed by atoms with Crippen molar-refractivity contribution in [1.29, 1.82) is 0 Å². The molecule has 4 rings (SSSR count). The summed E-state index contributed by atoms with van der Waals surface area (Å²) in [5, 5.41) is 5.74. The number of rotatable bonds is 7. The Morgan fingerprint density at radius 3 is 2.67 bits per heavy atom. The zero-order chi connectivity index (χ0) is 23.5. The molecule has 0 unspecified atom stereocenters. The molecule has 0 aliphatic carbocycles. The van der Waals surface area contributed by atoms with Gasteiger partial charge in [0, 0.05) is 11.3 Å². The van der Waals surface area contributed by atoms with E-state index >= 15 is 0 Å². The molecule has 2 aromatic rings. The van der Waals surface area contributed by atoms with Gasteiger partial charge in [-0.2, -0.15) is 0 Å². The largest absolute Gasteiger partial charge is 0.494 e. The lowest BCUT2D eigenvalue weighted by molar-refractivity contribution is -0.136. The van der Waals surface area contributed by atoms with Crippen molar-refractivity contribution < 1.29 is 23.9 Å². The molecule has 2 N–H and O–H groups in total. The maximum atomic E-state index is 13.1. The minimum atomic E-state index is -0.716. The van der Waals surface area contributed by atoms with Gasteiger partial charge in [0.1, 0.15) is 18.9 Å². The van der Waals surface area contributed by atoms with E-state index < -0.39 is 18.0 Å². The third-order valence-electron chi connectivity index (χ3n) is 5.69. The molecule has 0 bridgehead atoms. The van der Waals surface area contributed by atoms with Crippen molar-refractivity contribution in [3.63, 3.8) is 0 Å². The molecule has 3 amide bonds. The van der Waals surface area contributed by atoms with Crippen LogP contribution in [0.25, 0.3) is 0 Å². The van der Waals surface area contributed by atoms with Crippen LogP contribution in [0.3, 0.4) is 0 Å².